The topological polar surface area (TPSA) is 43.8 Å². The summed E-state index contributed by atoms with van der Waals surface area (Å²) in [5.41, 5.74) is 0.149. The second-order valence-corrected chi connectivity index (χ2v) is 7.04. The van der Waals surface area contributed by atoms with Crippen LogP contribution in [0.3, 0.4) is 0 Å². The fourth-order valence-corrected chi connectivity index (χ4v) is 3.49. The van der Waals surface area contributed by atoms with Crippen LogP contribution in [0, 0.1) is 0 Å². The Labute approximate surface area is 152 Å². The zero-order valence-electron chi connectivity index (χ0n) is 15.1. The predicted octanol–water partition coefficient (Wildman–Crippen LogP) is 3.51. The minimum Gasteiger partial charge on any atom is -0.480 e. The first-order valence-corrected chi connectivity index (χ1v) is 9.06. The van der Waals surface area contributed by atoms with E-state index in [2.05, 4.69) is 4.90 Å². The summed E-state index contributed by atoms with van der Waals surface area (Å²) in [5, 5.41) is 8.85. The van der Waals surface area contributed by atoms with Gasteiger partial charge in [-0.15, -0.1) is 0 Å². The highest BCUT2D eigenvalue weighted by molar-refractivity contribution is 5.69. The van der Waals surface area contributed by atoms with Crippen LogP contribution in [0.2, 0.25) is 0 Å². The van der Waals surface area contributed by atoms with E-state index in [4.69, 9.17) is 5.11 Å². The lowest BCUT2D eigenvalue weighted by Crippen LogP contribution is -2.45. The van der Waals surface area contributed by atoms with Gasteiger partial charge in [-0.2, -0.15) is 13.2 Å². The van der Waals surface area contributed by atoms with E-state index in [9.17, 15) is 18.0 Å². The number of hydrogen-bond donors (Lipinski definition) is 1. The van der Waals surface area contributed by atoms with Crippen LogP contribution < -0.4 is 0 Å². The van der Waals surface area contributed by atoms with E-state index in [1.165, 1.54) is 12.1 Å². The molecule has 1 N–H and O–H groups in total. The van der Waals surface area contributed by atoms with Gasteiger partial charge in [0.15, 0.2) is 0 Å². The Bertz CT molecular complexity index is 584. The number of carboxylic acids is 1. The monoisotopic (exact) mass is 372 g/mol. The number of halogens is 3. The molecule has 2 rings (SSSR count). The van der Waals surface area contributed by atoms with Crippen molar-refractivity contribution in [3.05, 3.63) is 35.4 Å². The Morgan fingerprint density at radius 3 is 2.58 bits per heavy atom. The molecular formula is C19H27F3N2O2. The molecule has 1 fully saturated rings. The molecular weight excluding hydrogens is 345 g/mol. The molecule has 1 saturated heterocycles. The standard InChI is InChI=1S/C19H27F3N2O2/c1-23(14-18(25)26)17-8-11-24(12-9-17)10-3-2-5-15-6-4-7-16(13-15)19(20,21)22/h4,6-7,13,17H,2-3,5,8-12,14H2,1H3,(H,25,26). The molecule has 1 aromatic carbocycles. The van der Waals surface area contributed by atoms with Crippen molar-refractivity contribution in [2.75, 3.05) is 33.2 Å². The molecule has 0 unspecified atom stereocenters. The van der Waals surface area contributed by atoms with Gasteiger partial charge in [-0.1, -0.05) is 18.2 Å². The zero-order valence-corrected chi connectivity index (χ0v) is 15.1. The van der Waals surface area contributed by atoms with E-state index in [0.717, 1.165) is 56.9 Å². The Hall–Kier alpha value is -1.60. The Balaban J connectivity index is 1.66. The van der Waals surface area contributed by atoms with E-state index in [0.29, 0.717) is 12.5 Å². The summed E-state index contributed by atoms with van der Waals surface area (Å²) in [4.78, 5) is 15.0. The number of aliphatic carboxylic acids is 1. The van der Waals surface area contributed by atoms with Gasteiger partial charge in [0.05, 0.1) is 12.1 Å². The van der Waals surface area contributed by atoms with Gasteiger partial charge in [-0.25, -0.2) is 0 Å². The second kappa shape index (κ2) is 9.37. The van der Waals surface area contributed by atoms with Gasteiger partial charge in [0.1, 0.15) is 0 Å². The van der Waals surface area contributed by atoms with Crippen LogP contribution in [0.15, 0.2) is 24.3 Å². The van der Waals surface area contributed by atoms with E-state index in [1.807, 2.05) is 11.9 Å². The van der Waals surface area contributed by atoms with Gasteiger partial charge in [-0.3, -0.25) is 9.69 Å². The zero-order chi connectivity index (χ0) is 19.2. The number of likely N-dealkylation sites (tertiary alicyclic amines) is 1. The molecule has 0 bridgehead atoms. The molecule has 0 atom stereocenters. The van der Waals surface area contributed by atoms with Gasteiger partial charge in [-0.05, 0) is 70.4 Å². The molecule has 0 spiro atoms. The molecule has 4 nitrogen and oxygen atoms in total. The smallest absolute Gasteiger partial charge is 0.416 e. The third-order valence-electron chi connectivity index (χ3n) is 5.01. The van der Waals surface area contributed by atoms with Gasteiger partial charge < -0.3 is 10.0 Å². The molecule has 1 aliphatic rings. The molecule has 1 aromatic rings. The van der Waals surface area contributed by atoms with Crippen molar-refractivity contribution in [2.24, 2.45) is 0 Å². The van der Waals surface area contributed by atoms with Crippen LogP contribution in [0.4, 0.5) is 13.2 Å². The average Bonchev–Trinajstić information content (AvgIpc) is 2.58. The molecule has 1 aliphatic heterocycles. The minimum absolute atomic E-state index is 0.0711. The van der Waals surface area contributed by atoms with Crippen molar-refractivity contribution in [1.29, 1.82) is 0 Å². The summed E-state index contributed by atoms with van der Waals surface area (Å²) in [6.45, 7) is 2.90. The maximum Gasteiger partial charge on any atom is 0.416 e. The second-order valence-electron chi connectivity index (χ2n) is 7.04. The number of hydrogen-bond acceptors (Lipinski definition) is 3. The van der Waals surface area contributed by atoms with Crippen molar-refractivity contribution in [2.45, 2.75) is 44.3 Å². The van der Waals surface area contributed by atoms with E-state index >= 15 is 0 Å². The first kappa shape index (κ1) is 20.7. The normalized spacial score (nSPS) is 17.0. The SMILES string of the molecule is CN(CC(=O)O)C1CCN(CCCCc2cccc(C(F)(F)F)c2)CC1. The molecule has 0 aromatic heterocycles. The molecule has 0 radical (unpaired) electrons. The van der Waals surface area contributed by atoms with Crippen LogP contribution in [-0.4, -0.2) is 60.1 Å². The van der Waals surface area contributed by atoms with Gasteiger partial charge >= 0.3 is 12.1 Å². The van der Waals surface area contributed by atoms with Crippen molar-refractivity contribution in [1.82, 2.24) is 9.80 Å². The Kier molecular flexibility index (Phi) is 7.46. The summed E-state index contributed by atoms with van der Waals surface area (Å²) in [6.07, 6.45) is 0.0940. The fourth-order valence-electron chi connectivity index (χ4n) is 3.49. The molecule has 1 heterocycles. The Morgan fingerprint density at radius 1 is 1.27 bits per heavy atom. The van der Waals surface area contributed by atoms with E-state index < -0.39 is 17.7 Å². The summed E-state index contributed by atoms with van der Waals surface area (Å²) >= 11 is 0. The highest BCUT2D eigenvalue weighted by Gasteiger charge is 2.30. The summed E-state index contributed by atoms with van der Waals surface area (Å²) in [7, 11) is 1.85. The van der Waals surface area contributed by atoms with Crippen LogP contribution in [0.25, 0.3) is 0 Å². The number of alkyl halides is 3. The van der Waals surface area contributed by atoms with E-state index in [-0.39, 0.29) is 6.54 Å². The largest absolute Gasteiger partial charge is 0.480 e. The van der Waals surface area contributed by atoms with Crippen molar-refractivity contribution < 1.29 is 23.1 Å². The van der Waals surface area contributed by atoms with Crippen molar-refractivity contribution >= 4 is 5.97 Å². The number of carbonyl (C=O) groups is 1. The highest BCUT2D eigenvalue weighted by Crippen LogP contribution is 2.29. The maximum absolute atomic E-state index is 12.7. The molecule has 7 heteroatoms. The van der Waals surface area contributed by atoms with Gasteiger partial charge in [0.2, 0.25) is 0 Å². The third-order valence-corrected chi connectivity index (χ3v) is 5.01. The molecule has 0 saturated carbocycles. The van der Waals surface area contributed by atoms with Crippen LogP contribution in [0.1, 0.15) is 36.8 Å². The quantitative estimate of drug-likeness (QED) is 0.710. The van der Waals surface area contributed by atoms with Crippen LogP contribution in [-0.2, 0) is 17.4 Å². The summed E-state index contributed by atoms with van der Waals surface area (Å²) in [6, 6.07) is 5.88. The van der Waals surface area contributed by atoms with Gasteiger partial charge in [0, 0.05) is 6.04 Å². The number of benzene rings is 1. The van der Waals surface area contributed by atoms with Crippen LogP contribution >= 0.6 is 0 Å². The first-order valence-electron chi connectivity index (χ1n) is 9.06. The minimum atomic E-state index is -4.28. The molecule has 26 heavy (non-hydrogen) atoms. The highest BCUT2D eigenvalue weighted by atomic mass is 19.4. The first-order chi connectivity index (χ1) is 12.3. The number of likely N-dealkylation sites (N-methyl/N-ethyl adjacent to an activating group) is 1. The van der Waals surface area contributed by atoms with E-state index in [1.54, 1.807) is 6.07 Å². The maximum atomic E-state index is 12.7. The predicted molar refractivity (Wildman–Crippen MR) is 94.1 cm³/mol. The van der Waals surface area contributed by atoms with Crippen molar-refractivity contribution in [3.63, 3.8) is 0 Å². The fraction of sp³-hybridized carbons (Fsp3) is 0.632. The average molecular weight is 372 g/mol. The molecule has 0 amide bonds. The number of unbranched alkanes of at least 4 members (excludes halogenated alkanes) is 1. The summed E-state index contributed by atoms with van der Waals surface area (Å²) in [5.74, 6) is -0.801. The van der Waals surface area contributed by atoms with Crippen LogP contribution in [0.5, 0.6) is 0 Å². The number of piperidine rings is 1. The summed E-state index contributed by atoms with van der Waals surface area (Å²) < 4.78 is 38.1. The lowest BCUT2D eigenvalue weighted by atomic mass is 10.0. The number of aryl methyl sites for hydroxylation is 1. The number of carboxylic acid groups (broad SMARTS) is 1. The Morgan fingerprint density at radius 2 is 1.96 bits per heavy atom. The number of nitrogens with zero attached hydrogens (tertiary/aromatic N) is 2. The molecule has 146 valence electrons. The lowest BCUT2D eigenvalue weighted by molar-refractivity contribution is -0.139. The number of rotatable bonds is 8. The van der Waals surface area contributed by atoms with Crippen molar-refractivity contribution in [3.8, 4) is 0 Å². The van der Waals surface area contributed by atoms with Gasteiger partial charge in [0.25, 0.3) is 0 Å². The third kappa shape index (κ3) is 6.61. The molecule has 0 aliphatic carbocycles. The lowest BCUT2D eigenvalue weighted by Gasteiger charge is -2.36.